The Hall–Kier alpha value is -1.50. The van der Waals surface area contributed by atoms with Gasteiger partial charge in [-0.15, -0.1) is 6.42 Å². The van der Waals surface area contributed by atoms with Crippen LogP contribution in [0.4, 0.5) is 4.79 Å². The van der Waals surface area contributed by atoms with Gasteiger partial charge >= 0.3 is 6.03 Å². The molecule has 0 rings (SSSR count). The van der Waals surface area contributed by atoms with E-state index in [4.69, 9.17) is 6.42 Å². The van der Waals surface area contributed by atoms with Crippen molar-refractivity contribution in [2.45, 2.75) is 26.3 Å². The molecule has 0 saturated heterocycles. The van der Waals surface area contributed by atoms with Crippen LogP contribution in [0, 0.1) is 12.3 Å². The highest BCUT2D eigenvalue weighted by molar-refractivity contribution is 5.93. The zero-order valence-electron chi connectivity index (χ0n) is 7.18. The van der Waals surface area contributed by atoms with Crippen molar-refractivity contribution in [3.8, 4) is 12.3 Å². The van der Waals surface area contributed by atoms with E-state index in [1.54, 1.807) is 0 Å². The van der Waals surface area contributed by atoms with Crippen molar-refractivity contribution in [3.05, 3.63) is 0 Å². The van der Waals surface area contributed by atoms with E-state index in [0.717, 1.165) is 0 Å². The van der Waals surface area contributed by atoms with Gasteiger partial charge in [-0.25, -0.2) is 4.79 Å². The lowest BCUT2D eigenvalue weighted by Gasteiger charge is -2.09. The molecule has 0 radical (unpaired) electrons. The first kappa shape index (κ1) is 10.5. The quantitative estimate of drug-likeness (QED) is 0.580. The third-order valence-electron chi connectivity index (χ3n) is 1.20. The maximum absolute atomic E-state index is 10.8. The van der Waals surface area contributed by atoms with Gasteiger partial charge in [-0.05, 0) is 6.42 Å². The number of carbonyl (C=O) groups excluding carboxylic acids is 2. The molecule has 0 saturated carbocycles. The Bertz CT molecular complexity index is 218. The summed E-state index contributed by atoms with van der Waals surface area (Å²) in [4.78, 5) is 21.2. The molecule has 0 aromatic rings. The molecule has 0 bridgehead atoms. The Morgan fingerprint density at radius 2 is 2.17 bits per heavy atom. The normalized spacial score (nSPS) is 11.1. The van der Waals surface area contributed by atoms with Crippen LogP contribution in [-0.2, 0) is 4.79 Å². The standard InChI is InChI=1S/C8H12N2O2/c1-4-7(5-2)10-8(12)9-6(3)11/h1,7H,5H2,2-3H3,(H2,9,10,11,12)/t7-/m1/s1. The molecule has 0 aliphatic rings. The fourth-order valence-electron chi connectivity index (χ4n) is 0.616. The number of hydrogen-bond acceptors (Lipinski definition) is 2. The molecule has 0 aliphatic heterocycles. The van der Waals surface area contributed by atoms with Gasteiger partial charge in [0.05, 0.1) is 6.04 Å². The third kappa shape index (κ3) is 4.34. The summed E-state index contributed by atoms with van der Waals surface area (Å²) < 4.78 is 0. The molecule has 0 heterocycles. The molecular weight excluding hydrogens is 156 g/mol. The Morgan fingerprint density at radius 1 is 1.58 bits per heavy atom. The third-order valence-corrected chi connectivity index (χ3v) is 1.20. The Balaban J connectivity index is 3.84. The fourth-order valence-corrected chi connectivity index (χ4v) is 0.616. The number of amides is 3. The van der Waals surface area contributed by atoms with Gasteiger partial charge in [0.2, 0.25) is 5.91 Å². The first-order chi connectivity index (χ1) is 5.60. The smallest absolute Gasteiger partial charge is 0.322 e. The lowest BCUT2D eigenvalue weighted by molar-refractivity contribution is -0.117. The highest BCUT2D eigenvalue weighted by Crippen LogP contribution is 1.86. The van der Waals surface area contributed by atoms with Crippen molar-refractivity contribution in [2.75, 3.05) is 0 Å². The minimum absolute atomic E-state index is 0.315. The van der Waals surface area contributed by atoms with E-state index in [9.17, 15) is 9.59 Å². The van der Waals surface area contributed by atoms with Crippen molar-refractivity contribution in [1.29, 1.82) is 0 Å². The van der Waals surface area contributed by atoms with Crippen molar-refractivity contribution in [1.82, 2.24) is 10.6 Å². The Morgan fingerprint density at radius 3 is 2.50 bits per heavy atom. The summed E-state index contributed by atoms with van der Waals surface area (Å²) in [5.74, 6) is 1.97. The highest BCUT2D eigenvalue weighted by Gasteiger charge is 2.07. The molecule has 0 aliphatic carbocycles. The maximum atomic E-state index is 10.8. The van der Waals surface area contributed by atoms with Crippen LogP contribution < -0.4 is 10.6 Å². The molecule has 1 atom stereocenters. The highest BCUT2D eigenvalue weighted by atomic mass is 16.2. The van der Waals surface area contributed by atoms with Crippen LogP contribution in [0.2, 0.25) is 0 Å². The van der Waals surface area contributed by atoms with E-state index in [-0.39, 0.29) is 6.04 Å². The molecule has 0 spiro atoms. The van der Waals surface area contributed by atoms with Crippen molar-refractivity contribution < 1.29 is 9.59 Å². The minimum Gasteiger partial charge on any atom is -0.324 e. The Labute approximate surface area is 71.7 Å². The summed E-state index contributed by atoms with van der Waals surface area (Å²) in [6.07, 6.45) is 5.73. The summed E-state index contributed by atoms with van der Waals surface area (Å²) in [5.41, 5.74) is 0. The number of urea groups is 1. The zero-order valence-corrected chi connectivity index (χ0v) is 7.18. The van der Waals surface area contributed by atoms with Gasteiger partial charge in [-0.2, -0.15) is 0 Å². The van der Waals surface area contributed by atoms with Crippen LogP contribution in [0.1, 0.15) is 20.3 Å². The van der Waals surface area contributed by atoms with Crippen LogP contribution in [0.15, 0.2) is 0 Å². The SMILES string of the molecule is C#C[C@H](CC)NC(=O)NC(C)=O. The van der Waals surface area contributed by atoms with Crippen LogP contribution in [-0.4, -0.2) is 18.0 Å². The van der Waals surface area contributed by atoms with Crippen molar-refractivity contribution >= 4 is 11.9 Å². The number of hydrogen-bond donors (Lipinski definition) is 2. The summed E-state index contributed by atoms with van der Waals surface area (Å²) in [6, 6.07) is -0.864. The largest absolute Gasteiger partial charge is 0.324 e. The molecular formula is C8H12N2O2. The molecule has 0 unspecified atom stereocenters. The number of carbonyl (C=O) groups is 2. The Kier molecular flexibility index (Phi) is 4.54. The maximum Gasteiger partial charge on any atom is 0.322 e. The summed E-state index contributed by atoms with van der Waals surface area (Å²) in [5, 5.41) is 4.50. The van der Waals surface area contributed by atoms with E-state index < -0.39 is 11.9 Å². The zero-order chi connectivity index (χ0) is 9.56. The van der Waals surface area contributed by atoms with Gasteiger partial charge in [0.25, 0.3) is 0 Å². The monoisotopic (exact) mass is 168 g/mol. The van der Waals surface area contributed by atoms with Gasteiger partial charge in [0, 0.05) is 6.92 Å². The van der Waals surface area contributed by atoms with Crippen molar-refractivity contribution in [2.24, 2.45) is 0 Å². The number of nitrogens with one attached hydrogen (secondary N) is 2. The van der Waals surface area contributed by atoms with Gasteiger partial charge in [-0.3, -0.25) is 10.1 Å². The van der Waals surface area contributed by atoms with Crippen molar-refractivity contribution in [3.63, 3.8) is 0 Å². The van der Waals surface area contributed by atoms with Crippen LogP contribution >= 0.6 is 0 Å². The van der Waals surface area contributed by atoms with E-state index in [1.165, 1.54) is 6.92 Å². The first-order valence-corrected chi connectivity index (χ1v) is 3.64. The van der Waals surface area contributed by atoms with E-state index in [1.807, 2.05) is 6.92 Å². The molecule has 3 amide bonds. The lowest BCUT2D eigenvalue weighted by atomic mass is 10.2. The number of imide groups is 1. The molecule has 4 nitrogen and oxygen atoms in total. The average molecular weight is 168 g/mol. The second-order valence-electron chi connectivity index (χ2n) is 2.28. The van der Waals surface area contributed by atoms with Gasteiger partial charge in [0.1, 0.15) is 0 Å². The molecule has 0 aromatic carbocycles. The number of terminal acetylenes is 1. The molecule has 12 heavy (non-hydrogen) atoms. The first-order valence-electron chi connectivity index (χ1n) is 3.64. The van der Waals surface area contributed by atoms with Gasteiger partial charge in [-0.1, -0.05) is 12.8 Å². The predicted octanol–water partition coefficient (Wildman–Crippen LogP) is 0.244. The van der Waals surface area contributed by atoms with Gasteiger partial charge in [0.15, 0.2) is 0 Å². The topological polar surface area (TPSA) is 58.2 Å². The second kappa shape index (κ2) is 5.19. The summed E-state index contributed by atoms with van der Waals surface area (Å²) in [6.45, 7) is 3.11. The second-order valence-corrected chi connectivity index (χ2v) is 2.28. The van der Waals surface area contributed by atoms with Crippen LogP contribution in [0.5, 0.6) is 0 Å². The van der Waals surface area contributed by atoms with Crippen LogP contribution in [0.25, 0.3) is 0 Å². The average Bonchev–Trinajstić information content (AvgIpc) is 1.98. The molecule has 4 heteroatoms. The van der Waals surface area contributed by atoms with Crippen LogP contribution in [0.3, 0.4) is 0 Å². The number of rotatable bonds is 2. The molecule has 0 aromatic heterocycles. The van der Waals surface area contributed by atoms with Gasteiger partial charge < -0.3 is 5.32 Å². The summed E-state index contributed by atoms with van der Waals surface area (Å²) >= 11 is 0. The molecule has 66 valence electrons. The van der Waals surface area contributed by atoms with E-state index >= 15 is 0 Å². The lowest BCUT2D eigenvalue weighted by Crippen LogP contribution is -2.43. The molecule has 0 fully saturated rings. The van der Waals surface area contributed by atoms with E-state index in [0.29, 0.717) is 6.42 Å². The molecule has 2 N–H and O–H groups in total. The minimum atomic E-state index is -0.549. The summed E-state index contributed by atoms with van der Waals surface area (Å²) in [7, 11) is 0. The van der Waals surface area contributed by atoms with E-state index in [2.05, 4.69) is 16.6 Å². The predicted molar refractivity (Wildman–Crippen MR) is 45.3 cm³/mol. The fraction of sp³-hybridized carbons (Fsp3) is 0.500.